The van der Waals surface area contributed by atoms with Crippen molar-refractivity contribution in [3.8, 4) is 0 Å². The lowest BCUT2D eigenvalue weighted by molar-refractivity contribution is -0.134. The molecule has 0 bridgehead atoms. The molecule has 0 N–H and O–H groups in total. The molecule has 0 radical (unpaired) electrons. The first-order valence-electron chi connectivity index (χ1n) is 7.54. The Morgan fingerprint density at radius 1 is 1.45 bits per heavy atom. The second-order valence-corrected chi connectivity index (χ2v) is 5.72. The first-order chi connectivity index (χ1) is 10.6. The fourth-order valence-electron chi connectivity index (χ4n) is 2.81. The highest BCUT2D eigenvalue weighted by molar-refractivity contribution is 5.76. The molecule has 5 nitrogen and oxygen atoms in total. The van der Waals surface area contributed by atoms with Gasteiger partial charge in [0.25, 0.3) is 0 Å². The standard InChI is InChI=1S/C17H21N3O2/c1-19-9-8-18-16(19)12-20(2)17(21)11-15-14-6-4-3-5-13(14)7-10-22-15/h3-6,8-9,15H,7,10-12H2,1-2H3/t15-/m0/s1. The van der Waals surface area contributed by atoms with E-state index in [1.54, 1.807) is 11.1 Å². The Hall–Kier alpha value is -2.14. The smallest absolute Gasteiger partial charge is 0.225 e. The van der Waals surface area contributed by atoms with Gasteiger partial charge in [-0.1, -0.05) is 24.3 Å². The number of fused-ring (bicyclic) bond motifs is 1. The molecule has 0 saturated heterocycles. The van der Waals surface area contributed by atoms with Gasteiger partial charge in [-0.05, 0) is 17.5 Å². The lowest BCUT2D eigenvalue weighted by atomic mass is 9.95. The average molecular weight is 299 g/mol. The van der Waals surface area contributed by atoms with Gasteiger partial charge in [0.05, 0.1) is 25.7 Å². The van der Waals surface area contributed by atoms with E-state index in [1.165, 1.54) is 5.56 Å². The fraction of sp³-hybridized carbons (Fsp3) is 0.412. The van der Waals surface area contributed by atoms with Crippen molar-refractivity contribution in [2.45, 2.75) is 25.5 Å². The molecule has 0 aliphatic carbocycles. The second-order valence-electron chi connectivity index (χ2n) is 5.72. The van der Waals surface area contributed by atoms with Crippen LogP contribution < -0.4 is 0 Å². The molecule has 1 aromatic carbocycles. The Bertz CT molecular complexity index is 665. The molecule has 2 aromatic rings. The Kier molecular flexibility index (Phi) is 4.24. The summed E-state index contributed by atoms with van der Waals surface area (Å²) in [6.07, 6.45) is 4.78. The van der Waals surface area contributed by atoms with Gasteiger partial charge in [-0.15, -0.1) is 0 Å². The topological polar surface area (TPSA) is 47.4 Å². The maximum Gasteiger partial charge on any atom is 0.225 e. The number of nitrogens with zero attached hydrogens (tertiary/aromatic N) is 3. The predicted molar refractivity (Wildman–Crippen MR) is 83.1 cm³/mol. The zero-order valence-corrected chi connectivity index (χ0v) is 13.0. The van der Waals surface area contributed by atoms with Gasteiger partial charge in [-0.3, -0.25) is 4.79 Å². The van der Waals surface area contributed by atoms with Gasteiger partial charge < -0.3 is 14.2 Å². The first kappa shape index (κ1) is 14.8. The number of rotatable bonds is 4. The molecule has 0 unspecified atom stereocenters. The van der Waals surface area contributed by atoms with E-state index in [9.17, 15) is 4.79 Å². The fourth-order valence-corrected chi connectivity index (χ4v) is 2.81. The zero-order chi connectivity index (χ0) is 15.5. The maximum absolute atomic E-state index is 12.5. The first-order valence-corrected chi connectivity index (χ1v) is 7.54. The number of imidazole rings is 1. The molecule has 0 saturated carbocycles. The highest BCUT2D eigenvalue weighted by Gasteiger charge is 2.24. The number of hydrogen-bond donors (Lipinski definition) is 0. The van der Waals surface area contributed by atoms with Crippen molar-refractivity contribution >= 4 is 5.91 Å². The summed E-state index contributed by atoms with van der Waals surface area (Å²) in [5, 5.41) is 0. The van der Waals surface area contributed by atoms with Crippen LogP contribution in [0.25, 0.3) is 0 Å². The third kappa shape index (κ3) is 3.04. The molecule has 3 rings (SSSR count). The SMILES string of the molecule is CN(Cc1nccn1C)C(=O)C[C@@H]1OCCc2ccccc21. The number of aromatic nitrogens is 2. The van der Waals surface area contributed by atoms with Gasteiger partial charge >= 0.3 is 0 Å². The molecule has 1 atom stereocenters. The molecule has 2 heterocycles. The summed E-state index contributed by atoms with van der Waals surface area (Å²) in [7, 11) is 3.74. The number of hydrogen-bond acceptors (Lipinski definition) is 3. The molecular formula is C17H21N3O2. The van der Waals surface area contributed by atoms with E-state index in [0.717, 1.165) is 17.8 Å². The number of benzene rings is 1. The van der Waals surface area contributed by atoms with E-state index in [2.05, 4.69) is 17.1 Å². The second kappa shape index (κ2) is 6.32. The van der Waals surface area contributed by atoms with Crippen molar-refractivity contribution in [2.75, 3.05) is 13.7 Å². The van der Waals surface area contributed by atoms with Gasteiger partial charge in [0.15, 0.2) is 0 Å². The van der Waals surface area contributed by atoms with Crippen molar-refractivity contribution < 1.29 is 9.53 Å². The normalized spacial score (nSPS) is 17.1. The summed E-state index contributed by atoms with van der Waals surface area (Å²) >= 11 is 0. The predicted octanol–water partition coefficient (Wildman–Crippen LogP) is 2.08. The summed E-state index contributed by atoms with van der Waals surface area (Å²) in [6, 6.07) is 8.22. The summed E-state index contributed by atoms with van der Waals surface area (Å²) in [5.74, 6) is 0.950. The van der Waals surface area contributed by atoms with Gasteiger partial charge in [0.2, 0.25) is 5.91 Å². The van der Waals surface area contributed by atoms with Crippen molar-refractivity contribution in [2.24, 2.45) is 7.05 Å². The van der Waals surface area contributed by atoms with Crippen LogP contribution in [0.15, 0.2) is 36.7 Å². The van der Waals surface area contributed by atoms with Crippen LogP contribution in [0.2, 0.25) is 0 Å². The van der Waals surface area contributed by atoms with Gasteiger partial charge in [-0.2, -0.15) is 0 Å². The molecule has 1 aliphatic heterocycles. The number of ether oxygens (including phenoxy) is 1. The molecular weight excluding hydrogens is 278 g/mol. The minimum atomic E-state index is -0.138. The van der Waals surface area contributed by atoms with Gasteiger partial charge in [-0.25, -0.2) is 4.98 Å². The van der Waals surface area contributed by atoms with Crippen LogP contribution in [0, 0.1) is 0 Å². The van der Waals surface area contributed by atoms with Crippen molar-refractivity contribution in [3.63, 3.8) is 0 Å². The number of aryl methyl sites for hydroxylation is 1. The molecule has 1 amide bonds. The Balaban J connectivity index is 1.66. The van der Waals surface area contributed by atoms with Crippen molar-refractivity contribution in [1.82, 2.24) is 14.5 Å². The number of carbonyl (C=O) groups excluding carboxylic acids is 1. The highest BCUT2D eigenvalue weighted by atomic mass is 16.5. The zero-order valence-electron chi connectivity index (χ0n) is 13.0. The summed E-state index contributed by atoms with van der Waals surface area (Å²) in [4.78, 5) is 18.4. The largest absolute Gasteiger partial charge is 0.373 e. The van der Waals surface area contributed by atoms with Crippen molar-refractivity contribution in [1.29, 1.82) is 0 Å². The maximum atomic E-state index is 12.5. The quantitative estimate of drug-likeness (QED) is 0.868. The Morgan fingerprint density at radius 2 is 2.27 bits per heavy atom. The third-order valence-electron chi connectivity index (χ3n) is 4.18. The Labute approximate surface area is 130 Å². The Morgan fingerprint density at radius 3 is 3.05 bits per heavy atom. The molecule has 0 fully saturated rings. The summed E-state index contributed by atoms with van der Waals surface area (Å²) < 4.78 is 7.74. The molecule has 1 aliphatic rings. The monoisotopic (exact) mass is 299 g/mol. The van der Waals surface area contributed by atoms with Crippen LogP contribution in [0.1, 0.15) is 29.5 Å². The molecule has 116 valence electrons. The van der Waals surface area contributed by atoms with E-state index in [4.69, 9.17) is 4.74 Å². The summed E-state index contributed by atoms with van der Waals surface area (Å²) in [6.45, 7) is 1.19. The van der Waals surface area contributed by atoms with E-state index in [-0.39, 0.29) is 12.0 Å². The van der Waals surface area contributed by atoms with Crippen LogP contribution in [0.5, 0.6) is 0 Å². The molecule has 0 spiro atoms. The van der Waals surface area contributed by atoms with E-state index < -0.39 is 0 Å². The number of amides is 1. The molecule has 1 aromatic heterocycles. The van der Waals surface area contributed by atoms with E-state index in [1.807, 2.05) is 37.0 Å². The van der Waals surface area contributed by atoms with Crippen LogP contribution in [-0.2, 0) is 29.5 Å². The minimum absolute atomic E-state index is 0.0738. The van der Waals surface area contributed by atoms with Crippen LogP contribution >= 0.6 is 0 Å². The van der Waals surface area contributed by atoms with Gasteiger partial charge in [0.1, 0.15) is 5.82 Å². The average Bonchev–Trinajstić information content (AvgIpc) is 2.93. The van der Waals surface area contributed by atoms with Crippen LogP contribution in [-0.4, -0.2) is 34.0 Å². The summed E-state index contributed by atoms with van der Waals surface area (Å²) in [5.41, 5.74) is 2.44. The minimum Gasteiger partial charge on any atom is -0.373 e. The third-order valence-corrected chi connectivity index (χ3v) is 4.18. The van der Waals surface area contributed by atoms with E-state index in [0.29, 0.717) is 19.6 Å². The number of carbonyl (C=O) groups is 1. The van der Waals surface area contributed by atoms with Gasteiger partial charge in [0, 0.05) is 26.5 Å². The lowest BCUT2D eigenvalue weighted by Gasteiger charge is -2.27. The van der Waals surface area contributed by atoms with Crippen LogP contribution in [0.3, 0.4) is 0 Å². The molecule has 22 heavy (non-hydrogen) atoms. The molecule has 5 heteroatoms. The van der Waals surface area contributed by atoms with Crippen LogP contribution in [0.4, 0.5) is 0 Å². The highest BCUT2D eigenvalue weighted by Crippen LogP contribution is 2.29. The lowest BCUT2D eigenvalue weighted by Crippen LogP contribution is -2.30. The van der Waals surface area contributed by atoms with E-state index >= 15 is 0 Å². The van der Waals surface area contributed by atoms with Crippen molar-refractivity contribution in [3.05, 3.63) is 53.6 Å².